The van der Waals surface area contributed by atoms with Crippen molar-refractivity contribution in [1.29, 1.82) is 0 Å². The average Bonchev–Trinajstić information content (AvgIpc) is 3.91. The van der Waals surface area contributed by atoms with Crippen LogP contribution < -0.4 is 0 Å². The molecular formula is C58H40N4O. The van der Waals surface area contributed by atoms with Gasteiger partial charge in [-0.3, -0.25) is 0 Å². The third-order valence-corrected chi connectivity index (χ3v) is 12.6. The predicted octanol–water partition coefficient (Wildman–Crippen LogP) is 14.9. The Balaban J connectivity index is 1.00. The molecule has 298 valence electrons. The van der Waals surface area contributed by atoms with Crippen LogP contribution in [0.3, 0.4) is 0 Å². The molecule has 0 saturated carbocycles. The fourth-order valence-electron chi connectivity index (χ4n) is 9.38. The Morgan fingerprint density at radius 1 is 0.444 bits per heavy atom. The molecule has 1 aliphatic carbocycles. The van der Waals surface area contributed by atoms with E-state index >= 15 is 0 Å². The van der Waals surface area contributed by atoms with E-state index in [1.54, 1.807) is 0 Å². The molecular weight excluding hydrogens is 769 g/mol. The van der Waals surface area contributed by atoms with Crippen LogP contribution in [-0.2, 0) is 0 Å². The lowest BCUT2D eigenvalue weighted by molar-refractivity contribution is 0.637. The van der Waals surface area contributed by atoms with Crippen LogP contribution in [0.25, 0.3) is 100 Å². The number of fused-ring (bicyclic) bond motifs is 7. The van der Waals surface area contributed by atoms with Gasteiger partial charge in [0.2, 0.25) is 0 Å². The zero-order valence-electron chi connectivity index (χ0n) is 34.6. The molecule has 11 aromatic rings. The van der Waals surface area contributed by atoms with Crippen molar-refractivity contribution in [1.82, 2.24) is 19.5 Å². The van der Waals surface area contributed by atoms with Gasteiger partial charge in [0.15, 0.2) is 23.1 Å². The molecule has 0 radical (unpaired) electrons. The molecule has 3 heterocycles. The Labute approximate surface area is 365 Å². The zero-order chi connectivity index (χ0) is 41.9. The first-order chi connectivity index (χ1) is 31.1. The molecule has 5 nitrogen and oxygen atoms in total. The Kier molecular flexibility index (Phi) is 8.78. The maximum atomic E-state index is 7.15. The summed E-state index contributed by atoms with van der Waals surface area (Å²) in [6.45, 7) is 2.30. The Morgan fingerprint density at radius 2 is 1.00 bits per heavy atom. The van der Waals surface area contributed by atoms with Crippen molar-refractivity contribution < 1.29 is 4.42 Å². The van der Waals surface area contributed by atoms with E-state index in [4.69, 9.17) is 19.4 Å². The van der Waals surface area contributed by atoms with Crippen LogP contribution in [0.1, 0.15) is 24.0 Å². The van der Waals surface area contributed by atoms with Crippen molar-refractivity contribution in [2.45, 2.75) is 12.8 Å². The number of allylic oxidation sites excluding steroid dienone is 4. The fourth-order valence-corrected chi connectivity index (χ4v) is 9.38. The van der Waals surface area contributed by atoms with E-state index < -0.39 is 0 Å². The summed E-state index contributed by atoms with van der Waals surface area (Å²) in [5.74, 6) is 2.41. The third-order valence-electron chi connectivity index (χ3n) is 12.6. The molecule has 0 spiro atoms. The summed E-state index contributed by atoms with van der Waals surface area (Å²) in [7, 11) is 0. The number of rotatable bonds is 7. The second kappa shape index (κ2) is 15.1. The second-order valence-electron chi connectivity index (χ2n) is 16.4. The highest BCUT2D eigenvalue weighted by Crippen LogP contribution is 2.43. The van der Waals surface area contributed by atoms with Gasteiger partial charge in [0.1, 0.15) is 5.58 Å². The van der Waals surface area contributed by atoms with Gasteiger partial charge >= 0.3 is 0 Å². The predicted molar refractivity (Wildman–Crippen MR) is 259 cm³/mol. The van der Waals surface area contributed by atoms with E-state index in [2.05, 4.69) is 187 Å². The Hall–Kier alpha value is -8.15. The lowest BCUT2D eigenvalue weighted by Crippen LogP contribution is -2.09. The van der Waals surface area contributed by atoms with Gasteiger partial charge in [0.25, 0.3) is 0 Å². The number of furan rings is 1. The van der Waals surface area contributed by atoms with Gasteiger partial charge in [0, 0.05) is 44.3 Å². The Bertz CT molecular complexity index is 3550. The highest BCUT2D eigenvalue weighted by molar-refractivity contribution is 6.22. The smallest absolute Gasteiger partial charge is 0.167 e. The molecule has 3 aromatic heterocycles. The first kappa shape index (κ1) is 36.7. The van der Waals surface area contributed by atoms with E-state index in [-0.39, 0.29) is 5.92 Å². The van der Waals surface area contributed by atoms with Crippen LogP contribution >= 0.6 is 0 Å². The summed E-state index contributed by atoms with van der Waals surface area (Å²) in [5, 5.41) is 4.35. The summed E-state index contributed by atoms with van der Waals surface area (Å²) >= 11 is 0. The topological polar surface area (TPSA) is 56.7 Å². The minimum Gasteiger partial charge on any atom is -0.453 e. The molecule has 0 aliphatic heterocycles. The number of hydrogen-bond donors (Lipinski definition) is 0. The van der Waals surface area contributed by atoms with Crippen molar-refractivity contribution in [2.24, 2.45) is 5.92 Å². The average molecular weight is 809 g/mol. The van der Waals surface area contributed by atoms with Gasteiger partial charge in [-0.05, 0) is 64.1 Å². The van der Waals surface area contributed by atoms with Crippen molar-refractivity contribution in [3.05, 3.63) is 223 Å². The van der Waals surface area contributed by atoms with E-state index in [9.17, 15) is 0 Å². The maximum Gasteiger partial charge on any atom is 0.167 e. The summed E-state index contributed by atoms with van der Waals surface area (Å²) in [6.07, 6.45) is 7.02. The molecule has 8 aromatic carbocycles. The number of benzene rings is 8. The first-order valence-corrected chi connectivity index (χ1v) is 21.6. The minimum absolute atomic E-state index is 0.268. The van der Waals surface area contributed by atoms with Crippen LogP contribution in [0.5, 0.6) is 0 Å². The normalized spacial score (nSPS) is 15.1. The van der Waals surface area contributed by atoms with Crippen molar-refractivity contribution in [2.75, 3.05) is 0 Å². The van der Waals surface area contributed by atoms with E-state index in [0.29, 0.717) is 23.4 Å². The third kappa shape index (κ3) is 6.36. The molecule has 5 heteroatoms. The number of aromatic nitrogens is 4. The monoisotopic (exact) mass is 808 g/mol. The molecule has 12 rings (SSSR count). The minimum atomic E-state index is 0.268. The van der Waals surface area contributed by atoms with Gasteiger partial charge < -0.3 is 8.98 Å². The van der Waals surface area contributed by atoms with Gasteiger partial charge in [0.05, 0.1) is 16.6 Å². The zero-order valence-corrected chi connectivity index (χ0v) is 34.6. The summed E-state index contributed by atoms with van der Waals surface area (Å²) in [6, 6.07) is 68.1. The highest BCUT2D eigenvalue weighted by atomic mass is 16.3. The van der Waals surface area contributed by atoms with E-state index in [1.165, 1.54) is 22.1 Å². The maximum absolute atomic E-state index is 7.15. The van der Waals surface area contributed by atoms with Crippen LogP contribution in [0, 0.1) is 5.92 Å². The van der Waals surface area contributed by atoms with E-state index in [0.717, 1.165) is 71.9 Å². The SMILES string of the molecule is CC1C=CC(c2ccccc2)=CC1c1ccc(-n2c3ccccc3c3ccc4c5cccc(-c6nc(-c7ccccc7)nc(-c7ccc(-c8ccccc8)cc7)n6)c5oc4c32)cc1. The van der Waals surface area contributed by atoms with E-state index in [1.807, 2.05) is 36.4 Å². The standard InChI is InChI=1S/C58H40N4O/c1-37-24-25-44(39-16-7-3-8-17-39)36-51(37)41-30-32-45(33-31-41)62-52-23-12-11-20-46(52)47-34-35-49-48-21-13-22-50(54(48)63-55(49)53(47)62)58-60-56(42-18-9-4-10-19-42)59-57(61-58)43-28-26-40(27-29-43)38-14-5-2-6-15-38/h2-37,51H,1H3. The van der Waals surface area contributed by atoms with Crippen molar-refractivity contribution in [3.8, 4) is 51.0 Å². The highest BCUT2D eigenvalue weighted by Gasteiger charge is 2.24. The molecule has 2 unspecified atom stereocenters. The molecule has 0 saturated heterocycles. The second-order valence-corrected chi connectivity index (χ2v) is 16.4. The summed E-state index contributed by atoms with van der Waals surface area (Å²) < 4.78 is 9.51. The van der Waals surface area contributed by atoms with Crippen LogP contribution in [0.15, 0.2) is 217 Å². The molecule has 0 amide bonds. The number of hydrogen-bond acceptors (Lipinski definition) is 4. The lowest BCUT2D eigenvalue weighted by atomic mass is 9.81. The van der Waals surface area contributed by atoms with Gasteiger partial charge in [-0.1, -0.05) is 189 Å². The molecule has 63 heavy (non-hydrogen) atoms. The molecule has 2 atom stereocenters. The summed E-state index contributed by atoms with van der Waals surface area (Å²) in [4.78, 5) is 15.3. The molecule has 0 N–H and O–H groups in total. The lowest BCUT2D eigenvalue weighted by Gasteiger charge is -2.24. The van der Waals surface area contributed by atoms with Crippen LogP contribution in [0.4, 0.5) is 0 Å². The van der Waals surface area contributed by atoms with Gasteiger partial charge in [-0.25, -0.2) is 15.0 Å². The number of para-hydroxylation sites is 2. The van der Waals surface area contributed by atoms with Crippen molar-refractivity contribution in [3.63, 3.8) is 0 Å². The summed E-state index contributed by atoms with van der Waals surface area (Å²) in [5.41, 5.74) is 13.5. The van der Waals surface area contributed by atoms with Crippen molar-refractivity contribution >= 4 is 49.3 Å². The molecule has 1 aliphatic rings. The van der Waals surface area contributed by atoms with Crippen LogP contribution in [-0.4, -0.2) is 19.5 Å². The van der Waals surface area contributed by atoms with Gasteiger partial charge in [-0.15, -0.1) is 0 Å². The first-order valence-electron chi connectivity index (χ1n) is 21.6. The quantitative estimate of drug-likeness (QED) is 0.161. The molecule has 0 fully saturated rings. The van der Waals surface area contributed by atoms with Gasteiger partial charge in [-0.2, -0.15) is 0 Å². The largest absolute Gasteiger partial charge is 0.453 e. The molecule has 0 bridgehead atoms. The fraction of sp³-hybridized carbons (Fsp3) is 0.0517. The van der Waals surface area contributed by atoms with Crippen LogP contribution in [0.2, 0.25) is 0 Å². The Morgan fingerprint density at radius 3 is 1.73 bits per heavy atom. The number of nitrogens with zero attached hydrogens (tertiary/aromatic N) is 4.